The first kappa shape index (κ1) is 30.1. The van der Waals surface area contributed by atoms with E-state index in [1.165, 1.54) is 4.90 Å². The Kier molecular flexibility index (Phi) is 10.5. The molecule has 8 nitrogen and oxygen atoms in total. The highest BCUT2D eigenvalue weighted by Crippen LogP contribution is 2.29. The molecule has 0 bridgehead atoms. The fourth-order valence-corrected chi connectivity index (χ4v) is 3.83. The number of hydrogen-bond acceptors (Lipinski definition) is 6. The first-order valence-corrected chi connectivity index (χ1v) is 12.9. The van der Waals surface area contributed by atoms with Crippen LogP contribution < -0.4 is 16.0 Å². The highest BCUT2D eigenvalue weighted by Gasteiger charge is 2.23. The van der Waals surface area contributed by atoms with Crippen LogP contribution in [0.15, 0.2) is 36.4 Å². The van der Waals surface area contributed by atoms with Gasteiger partial charge in [0.2, 0.25) is 5.91 Å². The quantitative estimate of drug-likeness (QED) is 0.338. The van der Waals surface area contributed by atoms with Crippen LogP contribution >= 0.6 is 0 Å². The summed E-state index contributed by atoms with van der Waals surface area (Å²) in [5.74, 6) is -0.437. The zero-order chi connectivity index (χ0) is 27.8. The lowest BCUT2D eigenvalue weighted by atomic mass is 9.99. The van der Waals surface area contributed by atoms with E-state index < -0.39 is 23.3 Å². The molecule has 0 aliphatic heterocycles. The molecule has 0 heterocycles. The third-order valence-corrected chi connectivity index (χ3v) is 5.50. The number of hydrogen-bond donors (Lipinski definition) is 2. The maximum Gasteiger partial charge on any atom is 0.414 e. The molecule has 0 fully saturated rings. The molecule has 2 aromatic rings. The largest absolute Gasteiger partial charge is 0.460 e. The van der Waals surface area contributed by atoms with Crippen molar-refractivity contribution < 1.29 is 23.9 Å². The molecule has 0 saturated carbocycles. The summed E-state index contributed by atoms with van der Waals surface area (Å²) >= 11 is 0. The normalized spacial score (nSPS) is 12.6. The van der Waals surface area contributed by atoms with E-state index >= 15 is 0 Å². The molecule has 0 radical (unpaired) electrons. The molecule has 0 aliphatic carbocycles. The average molecular weight is 514 g/mol. The molecule has 8 heteroatoms. The van der Waals surface area contributed by atoms with Crippen LogP contribution in [-0.4, -0.2) is 48.8 Å². The number of amides is 2. The number of fused-ring (bicyclic) bond motifs is 1. The van der Waals surface area contributed by atoms with Gasteiger partial charge in [-0.25, -0.2) is 4.79 Å². The predicted molar refractivity (Wildman–Crippen MR) is 148 cm³/mol. The molecule has 2 aromatic carbocycles. The van der Waals surface area contributed by atoms with Gasteiger partial charge in [-0.3, -0.25) is 14.5 Å². The summed E-state index contributed by atoms with van der Waals surface area (Å²) < 4.78 is 10.8. The number of esters is 1. The SMILES string of the molecule is CN(C(=O)OC(C)(C)C)c1cc(C[C@@H](N)C(=O)NCCCCCC(=O)OC(C)(C)C)cc2ccccc12. The molecule has 0 unspecified atom stereocenters. The first-order valence-electron chi connectivity index (χ1n) is 12.9. The number of nitrogens with two attached hydrogens (primary N) is 1. The Labute approximate surface area is 220 Å². The maximum atomic E-state index is 12.7. The summed E-state index contributed by atoms with van der Waals surface area (Å²) in [6, 6.07) is 10.9. The Morgan fingerprint density at radius 2 is 1.59 bits per heavy atom. The van der Waals surface area contributed by atoms with E-state index in [0.29, 0.717) is 31.5 Å². The highest BCUT2D eigenvalue weighted by molar-refractivity contribution is 6.02. The molecule has 204 valence electrons. The van der Waals surface area contributed by atoms with Gasteiger partial charge in [0.1, 0.15) is 11.2 Å². The number of unbranched alkanes of at least 4 members (excludes halogenated alkanes) is 2. The molecular formula is C29H43N3O5. The number of carbonyl (C=O) groups is 3. The van der Waals surface area contributed by atoms with Crippen LogP contribution in [-0.2, 0) is 25.5 Å². The lowest BCUT2D eigenvalue weighted by molar-refractivity contribution is -0.154. The fraction of sp³-hybridized carbons (Fsp3) is 0.552. The van der Waals surface area contributed by atoms with E-state index in [0.717, 1.165) is 29.2 Å². The second kappa shape index (κ2) is 12.9. The number of ether oxygens (including phenoxy) is 2. The maximum absolute atomic E-state index is 12.7. The van der Waals surface area contributed by atoms with Crippen molar-refractivity contribution in [3.63, 3.8) is 0 Å². The van der Waals surface area contributed by atoms with Crippen LogP contribution in [0.1, 0.15) is 72.8 Å². The van der Waals surface area contributed by atoms with Crippen molar-refractivity contribution in [3.8, 4) is 0 Å². The monoisotopic (exact) mass is 513 g/mol. The highest BCUT2D eigenvalue weighted by atomic mass is 16.6. The van der Waals surface area contributed by atoms with Gasteiger partial charge in [0.15, 0.2) is 0 Å². The average Bonchev–Trinajstić information content (AvgIpc) is 2.77. The Bertz CT molecular complexity index is 1090. The van der Waals surface area contributed by atoms with Gasteiger partial charge < -0.3 is 20.5 Å². The van der Waals surface area contributed by atoms with Crippen molar-refractivity contribution in [1.82, 2.24) is 5.32 Å². The van der Waals surface area contributed by atoms with Gasteiger partial charge in [0.25, 0.3) is 0 Å². The van der Waals surface area contributed by atoms with E-state index in [2.05, 4.69) is 5.32 Å². The smallest absolute Gasteiger partial charge is 0.414 e. The van der Waals surface area contributed by atoms with E-state index in [9.17, 15) is 14.4 Å². The summed E-state index contributed by atoms with van der Waals surface area (Å²) in [6.45, 7) is 11.5. The van der Waals surface area contributed by atoms with Gasteiger partial charge in [0, 0.05) is 25.4 Å². The van der Waals surface area contributed by atoms with Crippen molar-refractivity contribution in [2.24, 2.45) is 5.73 Å². The molecule has 0 aliphatic rings. The number of nitrogens with zero attached hydrogens (tertiary/aromatic N) is 1. The van der Waals surface area contributed by atoms with E-state index in [1.807, 2.05) is 77.9 Å². The van der Waals surface area contributed by atoms with Crippen LogP contribution in [0.4, 0.5) is 10.5 Å². The fourth-order valence-electron chi connectivity index (χ4n) is 3.83. The van der Waals surface area contributed by atoms with E-state index in [4.69, 9.17) is 15.2 Å². The molecule has 37 heavy (non-hydrogen) atoms. The molecule has 0 aromatic heterocycles. The summed E-state index contributed by atoms with van der Waals surface area (Å²) in [4.78, 5) is 38.6. The van der Waals surface area contributed by atoms with Gasteiger partial charge in [-0.05, 0) is 77.8 Å². The molecular weight excluding hydrogens is 470 g/mol. The van der Waals surface area contributed by atoms with Gasteiger partial charge in [0.05, 0.1) is 11.7 Å². The summed E-state index contributed by atoms with van der Waals surface area (Å²) in [5.41, 5.74) is 6.68. The molecule has 2 rings (SSSR count). The van der Waals surface area contributed by atoms with Crippen LogP contribution in [0.2, 0.25) is 0 Å². The Morgan fingerprint density at radius 3 is 2.24 bits per heavy atom. The zero-order valence-corrected chi connectivity index (χ0v) is 23.3. The standard InChI is InChI=1S/C29H43N3O5/c1-28(2,3)36-25(33)15-9-8-12-16-31-26(34)23(30)18-20-17-21-13-10-11-14-22(21)24(19-20)32(7)27(35)37-29(4,5)6/h10-11,13-14,17,19,23H,8-9,12,15-16,18,30H2,1-7H3,(H,31,34)/t23-/m1/s1. The van der Waals surface area contributed by atoms with Crippen molar-refractivity contribution in [3.05, 3.63) is 42.0 Å². The van der Waals surface area contributed by atoms with E-state index in [1.54, 1.807) is 7.05 Å². The van der Waals surface area contributed by atoms with Crippen LogP contribution in [0.25, 0.3) is 10.8 Å². The van der Waals surface area contributed by atoms with Crippen LogP contribution in [0.3, 0.4) is 0 Å². The first-order chi connectivity index (χ1) is 17.2. The van der Waals surface area contributed by atoms with Crippen LogP contribution in [0, 0.1) is 0 Å². The number of benzene rings is 2. The van der Waals surface area contributed by atoms with E-state index in [-0.39, 0.29) is 11.9 Å². The van der Waals surface area contributed by atoms with Crippen molar-refractivity contribution in [2.75, 3.05) is 18.5 Å². The zero-order valence-electron chi connectivity index (χ0n) is 23.3. The van der Waals surface area contributed by atoms with Gasteiger partial charge in [-0.1, -0.05) is 36.8 Å². The summed E-state index contributed by atoms with van der Waals surface area (Å²) in [5, 5.41) is 4.74. The molecule has 0 saturated heterocycles. The Balaban J connectivity index is 1.95. The summed E-state index contributed by atoms with van der Waals surface area (Å²) in [6.07, 6.45) is 2.50. The lowest BCUT2D eigenvalue weighted by Crippen LogP contribution is -2.42. The molecule has 3 N–H and O–H groups in total. The predicted octanol–water partition coefficient (Wildman–Crippen LogP) is 5.10. The molecule has 0 spiro atoms. The van der Waals surface area contributed by atoms with Crippen molar-refractivity contribution in [1.29, 1.82) is 0 Å². The Hall–Kier alpha value is -3.13. The minimum absolute atomic E-state index is 0.203. The van der Waals surface area contributed by atoms with Crippen molar-refractivity contribution in [2.45, 2.75) is 90.9 Å². The minimum atomic E-state index is -0.734. The minimum Gasteiger partial charge on any atom is -0.460 e. The van der Waals surface area contributed by atoms with Crippen molar-refractivity contribution >= 4 is 34.4 Å². The number of carbonyl (C=O) groups excluding carboxylic acids is 3. The lowest BCUT2D eigenvalue weighted by Gasteiger charge is -2.26. The van der Waals surface area contributed by atoms with Gasteiger partial charge >= 0.3 is 12.1 Å². The topological polar surface area (TPSA) is 111 Å². The van der Waals surface area contributed by atoms with Crippen LogP contribution in [0.5, 0.6) is 0 Å². The number of anilines is 1. The number of rotatable bonds is 10. The molecule has 1 atom stereocenters. The number of nitrogens with one attached hydrogen (secondary N) is 1. The third-order valence-electron chi connectivity index (χ3n) is 5.50. The second-order valence-corrected chi connectivity index (χ2v) is 11.4. The van der Waals surface area contributed by atoms with Gasteiger partial charge in [-0.15, -0.1) is 0 Å². The second-order valence-electron chi connectivity index (χ2n) is 11.4. The molecule has 2 amide bonds. The summed E-state index contributed by atoms with van der Waals surface area (Å²) in [7, 11) is 1.68. The Morgan fingerprint density at radius 1 is 0.946 bits per heavy atom. The van der Waals surface area contributed by atoms with Gasteiger partial charge in [-0.2, -0.15) is 0 Å². The third kappa shape index (κ3) is 10.4.